The van der Waals surface area contributed by atoms with Crippen molar-refractivity contribution in [3.8, 4) is 0 Å². The first-order valence-electron chi connectivity index (χ1n) is 2.86. The maximum absolute atomic E-state index is 9.92. The lowest BCUT2D eigenvalue weighted by Crippen LogP contribution is -2.00. The lowest BCUT2D eigenvalue weighted by molar-refractivity contribution is -0.137. The lowest BCUT2D eigenvalue weighted by atomic mass is 10.1. The van der Waals surface area contributed by atoms with Crippen LogP contribution in [0.3, 0.4) is 0 Å². The highest BCUT2D eigenvalue weighted by atomic mass is 16.4. The Labute approximate surface area is 54.3 Å². The Morgan fingerprint density at radius 3 is 2.67 bits per heavy atom. The number of carbonyl (C=O) groups is 1. The highest BCUT2D eigenvalue weighted by molar-refractivity contribution is 5.66. The number of carboxylic acids is 1. The summed E-state index contributed by atoms with van der Waals surface area (Å²) in [6, 6.07) is 0. The standard InChI is InChI=1S/C6H11O3/c1-5(4-7)2-3-6(8)9/h4-5,7H,2-3H2,1H3,(H,8,9). The topological polar surface area (TPSA) is 57.5 Å². The summed E-state index contributed by atoms with van der Waals surface area (Å²) in [5, 5.41) is 16.5. The monoisotopic (exact) mass is 131 g/mol. The molecule has 0 rings (SSSR count). The smallest absolute Gasteiger partial charge is 0.303 e. The van der Waals surface area contributed by atoms with Gasteiger partial charge in [-0.1, -0.05) is 6.92 Å². The minimum atomic E-state index is -0.816. The molecule has 0 aromatic heterocycles. The lowest BCUT2D eigenvalue weighted by Gasteiger charge is -2.01. The van der Waals surface area contributed by atoms with Crippen LogP contribution in [0.25, 0.3) is 0 Å². The van der Waals surface area contributed by atoms with Crippen molar-refractivity contribution < 1.29 is 15.0 Å². The normalized spacial score (nSPS) is 13.1. The molecule has 1 radical (unpaired) electrons. The van der Waals surface area contributed by atoms with Crippen LogP contribution in [-0.4, -0.2) is 16.2 Å². The van der Waals surface area contributed by atoms with E-state index in [1.54, 1.807) is 6.92 Å². The van der Waals surface area contributed by atoms with Crippen LogP contribution in [0, 0.1) is 12.5 Å². The Balaban J connectivity index is 3.16. The second kappa shape index (κ2) is 4.32. The van der Waals surface area contributed by atoms with Crippen molar-refractivity contribution in [3.63, 3.8) is 0 Å². The first kappa shape index (κ1) is 8.43. The van der Waals surface area contributed by atoms with E-state index in [2.05, 4.69) is 0 Å². The van der Waals surface area contributed by atoms with E-state index in [-0.39, 0.29) is 12.3 Å². The molecule has 0 aliphatic rings. The van der Waals surface area contributed by atoms with Crippen molar-refractivity contribution in [2.45, 2.75) is 19.8 Å². The van der Waals surface area contributed by atoms with E-state index in [4.69, 9.17) is 10.2 Å². The molecule has 0 fully saturated rings. The minimum Gasteiger partial charge on any atom is -0.481 e. The molecule has 0 saturated heterocycles. The summed E-state index contributed by atoms with van der Waals surface area (Å²) in [4.78, 5) is 9.92. The molecule has 53 valence electrons. The van der Waals surface area contributed by atoms with Gasteiger partial charge < -0.3 is 10.2 Å². The average Bonchev–Trinajstić information content (AvgIpc) is 1.83. The van der Waals surface area contributed by atoms with Gasteiger partial charge in [-0.05, 0) is 12.3 Å². The maximum Gasteiger partial charge on any atom is 0.303 e. The molecule has 0 aromatic rings. The van der Waals surface area contributed by atoms with E-state index in [1.165, 1.54) is 0 Å². The fourth-order valence-electron chi connectivity index (χ4n) is 0.426. The van der Waals surface area contributed by atoms with Crippen LogP contribution in [0.2, 0.25) is 0 Å². The van der Waals surface area contributed by atoms with Gasteiger partial charge in [0.1, 0.15) is 0 Å². The van der Waals surface area contributed by atoms with Crippen molar-refractivity contribution in [1.29, 1.82) is 0 Å². The zero-order valence-electron chi connectivity index (χ0n) is 5.37. The van der Waals surface area contributed by atoms with Crippen LogP contribution in [0.15, 0.2) is 0 Å². The highest BCUT2D eigenvalue weighted by Gasteiger charge is 2.02. The molecule has 0 aromatic carbocycles. The Morgan fingerprint density at radius 1 is 1.78 bits per heavy atom. The summed E-state index contributed by atoms with van der Waals surface area (Å²) in [6.45, 7) is 2.78. The van der Waals surface area contributed by atoms with Crippen LogP contribution < -0.4 is 0 Å². The molecular weight excluding hydrogens is 120 g/mol. The van der Waals surface area contributed by atoms with Gasteiger partial charge >= 0.3 is 5.97 Å². The number of aliphatic carboxylic acids is 1. The summed E-state index contributed by atoms with van der Waals surface area (Å²) >= 11 is 0. The number of carboxylic acid groups (broad SMARTS) is 1. The predicted molar refractivity (Wildman–Crippen MR) is 32.3 cm³/mol. The molecule has 0 saturated carbocycles. The number of aliphatic hydroxyl groups is 1. The molecule has 2 N–H and O–H groups in total. The third-order valence-electron chi connectivity index (χ3n) is 1.07. The van der Waals surface area contributed by atoms with E-state index in [9.17, 15) is 4.79 Å². The van der Waals surface area contributed by atoms with E-state index in [0.717, 1.165) is 6.61 Å². The third kappa shape index (κ3) is 5.30. The molecule has 0 amide bonds. The SMILES string of the molecule is CC([CH]O)CCC(=O)O. The minimum absolute atomic E-state index is 0.0129. The molecule has 0 spiro atoms. The van der Waals surface area contributed by atoms with Crippen LogP contribution in [0.5, 0.6) is 0 Å². The zero-order valence-corrected chi connectivity index (χ0v) is 5.37. The first-order chi connectivity index (χ1) is 4.16. The Hall–Kier alpha value is -0.570. The van der Waals surface area contributed by atoms with Gasteiger partial charge in [0, 0.05) is 6.42 Å². The first-order valence-corrected chi connectivity index (χ1v) is 2.86. The van der Waals surface area contributed by atoms with E-state index in [1.807, 2.05) is 0 Å². The van der Waals surface area contributed by atoms with Crippen molar-refractivity contribution in [2.75, 3.05) is 0 Å². The summed E-state index contributed by atoms with van der Waals surface area (Å²) in [5.41, 5.74) is 0. The largest absolute Gasteiger partial charge is 0.481 e. The zero-order chi connectivity index (χ0) is 7.28. The Kier molecular flexibility index (Phi) is 4.05. The highest BCUT2D eigenvalue weighted by Crippen LogP contribution is 2.05. The number of rotatable bonds is 4. The van der Waals surface area contributed by atoms with Gasteiger partial charge in [0.05, 0.1) is 6.61 Å². The molecule has 0 aliphatic heterocycles. The summed E-state index contributed by atoms with van der Waals surface area (Å²) in [7, 11) is 0. The van der Waals surface area contributed by atoms with Crippen molar-refractivity contribution in [2.24, 2.45) is 5.92 Å². The number of hydrogen-bond acceptors (Lipinski definition) is 2. The fourth-order valence-corrected chi connectivity index (χ4v) is 0.426. The number of aliphatic hydroxyl groups excluding tert-OH is 1. The average molecular weight is 131 g/mol. The van der Waals surface area contributed by atoms with Crippen LogP contribution in [-0.2, 0) is 4.79 Å². The molecule has 0 aliphatic carbocycles. The molecular formula is C6H11O3. The number of hydrogen-bond donors (Lipinski definition) is 2. The Bertz CT molecular complexity index is 90.3. The van der Waals surface area contributed by atoms with Gasteiger partial charge in [0.2, 0.25) is 0 Å². The van der Waals surface area contributed by atoms with Gasteiger partial charge in [0.25, 0.3) is 0 Å². The fraction of sp³-hybridized carbons (Fsp3) is 0.667. The van der Waals surface area contributed by atoms with Crippen LogP contribution >= 0.6 is 0 Å². The quantitative estimate of drug-likeness (QED) is 0.598. The third-order valence-corrected chi connectivity index (χ3v) is 1.07. The molecule has 9 heavy (non-hydrogen) atoms. The second-order valence-electron chi connectivity index (χ2n) is 2.06. The molecule has 0 heterocycles. The molecule has 0 bridgehead atoms. The maximum atomic E-state index is 9.92. The Morgan fingerprint density at radius 2 is 2.33 bits per heavy atom. The molecule has 3 heteroatoms. The summed E-state index contributed by atoms with van der Waals surface area (Å²) in [5.74, 6) is -0.829. The molecule has 3 nitrogen and oxygen atoms in total. The summed E-state index contributed by atoms with van der Waals surface area (Å²) < 4.78 is 0. The van der Waals surface area contributed by atoms with E-state index in [0.29, 0.717) is 6.42 Å². The molecule has 1 unspecified atom stereocenters. The van der Waals surface area contributed by atoms with E-state index >= 15 is 0 Å². The molecule has 1 atom stereocenters. The second-order valence-corrected chi connectivity index (χ2v) is 2.06. The van der Waals surface area contributed by atoms with Gasteiger partial charge in [-0.25, -0.2) is 0 Å². The van der Waals surface area contributed by atoms with Gasteiger partial charge in [-0.3, -0.25) is 4.79 Å². The van der Waals surface area contributed by atoms with Gasteiger partial charge in [-0.2, -0.15) is 0 Å². The van der Waals surface area contributed by atoms with Crippen molar-refractivity contribution in [3.05, 3.63) is 6.61 Å². The van der Waals surface area contributed by atoms with Gasteiger partial charge in [-0.15, -0.1) is 0 Å². The summed E-state index contributed by atoms with van der Waals surface area (Å²) in [6.07, 6.45) is 0.629. The predicted octanol–water partition coefficient (Wildman–Crippen LogP) is 1.02. The van der Waals surface area contributed by atoms with Gasteiger partial charge in [0.15, 0.2) is 0 Å². The van der Waals surface area contributed by atoms with Crippen LogP contribution in [0.1, 0.15) is 19.8 Å². The van der Waals surface area contributed by atoms with Crippen LogP contribution in [0.4, 0.5) is 0 Å². The van der Waals surface area contributed by atoms with E-state index < -0.39 is 5.97 Å². The van der Waals surface area contributed by atoms with Crippen molar-refractivity contribution >= 4 is 5.97 Å². The van der Waals surface area contributed by atoms with Crippen molar-refractivity contribution in [1.82, 2.24) is 0 Å².